The van der Waals surface area contributed by atoms with Gasteiger partial charge in [-0.15, -0.1) is 0 Å². The molecule has 3 saturated heterocycles. The van der Waals surface area contributed by atoms with Crippen LogP contribution in [0.15, 0.2) is 0 Å². The van der Waals surface area contributed by atoms with E-state index in [2.05, 4.69) is 5.32 Å². The van der Waals surface area contributed by atoms with Gasteiger partial charge in [0.15, 0.2) is 18.9 Å². The average Bonchev–Trinajstić information content (AvgIpc) is 0.840. The summed E-state index contributed by atoms with van der Waals surface area (Å²) in [4.78, 5) is 63.3. The van der Waals surface area contributed by atoms with E-state index in [4.69, 9.17) is 93.0 Å². The van der Waals surface area contributed by atoms with Gasteiger partial charge in [-0.25, -0.2) is 0 Å². The van der Waals surface area contributed by atoms with Crippen molar-refractivity contribution in [2.45, 2.75) is 230 Å². The molecular weight excluding hydrogens is 1570 g/mol. The predicted octanol–water partition coefficient (Wildman–Crippen LogP) is -0.129. The number of phosphoric ester groups is 4. The maximum absolute atomic E-state index is 13.4. The van der Waals surface area contributed by atoms with Gasteiger partial charge in [0.1, 0.15) is 48.8 Å². The van der Waals surface area contributed by atoms with E-state index in [1.807, 2.05) is 13.8 Å². The van der Waals surface area contributed by atoms with Crippen molar-refractivity contribution in [2.75, 3.05) is 172 Å². The Morgan fingerprint density at radius 1 is 0.387 bits per heavy atom. The van der Waals surface area contributed by atoms with Crippen LogP contribution in [0.3, 0.4) is 0 Å². The molecule has 1 amide bonds. The summed E-state index contributed by atoms with van der Waals surface area (Å²) in [6, 6.07) is -1.11. The molecule has 44 heteroatoms. The Hall–Kier alpha value is -0.970. The van der Waals surface area contributed by atoms with E-state index in [9.17, 15) is 93.7 Å². The number of rotatable bonds is 70. The molecule has 0 aromatic heterocycles. The third-order valence-corrected chi connectivity index (χ3v) is 21.6. The highest BCUT2D eigenvalue weighted by atomic mass is 31.2. The molecule has 0 bridgehead atoms. The van der Waals surface area contributed by atoms with E-state index in [0.29, 0.717) is 90.3 Å². The minimum Gasteiger partial charge on any atom is -0.756 e. The van der Waals surface area contributed by atoms with Gasteiger partial charge in [0.2, 0.25) is 5.91 Å². The summed E-state index contributed by atoms with van der Waals surface area (Å²) >= 11 is 0. The number of aliphatic hydroxyl groups excluding tert-OH is 10. The second-order valence-corrected chi connectivity index (χ2v) is 33.5. The number of ether oxygens (including phenoxy) is 12. The Labute approximate surface area is 651 Å². The van der Waals surface area contributed by atoms with Crippen LogP contribution in [0, 0.1) is 23.2 Å². The smallest absolute Gasteiger partial charge is 0.267 e. The topological polar surface area (TPSA) is 577 Å². The van der Waals surface area contributed by atoms with Crippen molar-refractivity contribution in [3.05, 3.63) is 0 Å². The van der Waals surface area contributed by atoms with Gasteiger partial charge in [-0.1, -0.05) is 52.4 Å². The van der Waals surface area contributed by atoms with Crippen molar-refractivity contribution in [2.24, 2.45) is 23.2 Å². The number of nitrogens with one attached hydrogen (secondary N) is 1. The summed E-state index contributed by atoms with van der Waals surface area (Å²) in [5.41, 5.74) is -1.56. The fourth-order valence-electron chi connectivity index (χ4n) is 11.2. The van der Waals surface area contributed by atoms with Gasteiger partial charge in [-0.2, -0.15) is 0 Å². The third-order valence-electron chi connectivity index (χ3n) is 17.7. The summed E-state index contributed by atoms with van der Waals surface area (Å²) < 4.78 is 161. The van der Waals surface area contributed by atoms with Crippen molar-refractivity contribution in [1.82, 2.24) is 5.32 Å². The highest BCUT2D eigenvalue weighted by Gasteiger charge is 2.46. The van der Waals surface area contributed by atoms with Crippen molar-refractivity contribution in [3.8, 4) is 0 Å². The third kappa shape index (κ3) is 45.3. The molecule has 0 aromatic rings. The molecule has 111 heavy (non-hydrogen) atoms. The van der Waals surface area contributed by atoms with Crippen LogP contribution in [0.5, 0.6) is 0 Å². The number of amides is 1. The molecule has 3 aliphatic rings. The number of hydrogen-bond donors (Lipinski definition) is 11. The summed E-state index contributed by atoms with van der Waals surface area (Å²) in [6.07, 6.45) is -7.27. The lowest BCUT2D eigenvalue weighted by Gasteiger charge is -2.42. The SMILES string of the molecule is CC(=O)NC1[C@H](OCCCCCCOP(=O)([O-])OCCCOCC(COCCCOP(=O)([O-])OCCCCCCO[C@@H]2OC(CO)C(O)[C@H](O)C2C)(COCCCOP(=O)([O-])OCCCCCCO[C@@H]2OC(CO)[C@H](O)[C@H](O)C2C)COP(=O)([O-])OCCCOCC(CO)COCCCOC(C)C)OC(CO)[C@H](O)[C@@H]1O. The van der Waals surface area contributed by atoms with E-state index >= 15 is 0 Å². The fraction of sp³-hybridized carbons (Fsp3) is 0.985. The monoisotopic (exact) mass is 1700 g/mol. The van der Waals surface area contributed by atoms with E-state index in [-0.39, 0.29) is 137 Å². The van der Waals surface area contributed by atoms with Gasteiger partial charge < -0.3 is 169 Å². The molecular formula is C67H129NO39P4-4. The molecule has 13 unspecified atom stereocenters. The zero-order valence-electron chi connectivity index (χ0n) is 64.8. The first-order valence-electron chi connectivity index (χ1n) is 38.4. The molecule has 0 aliphatic carbocycles. The van der Waals surface area contributed by atoms with Crippen LogP contribution in [-0.4, -0.2) is 315 Å². The first kappa shape index (κ1) is 104. The van der Waals surface area contributed by atoms with Crippen molar-refractivity contribution in [3.63, 3.8) is 0 Å². The van der Waals surface area contributed by atoms with Crippen LogP contribution < -0.4 is 24.9 Å². The zero-order valence-corrected chi connectivity index (χ0v) is 68.4. The molecule has 0 spiro atoms. The molecule has 3 fully saturated rings. The van der Waals surface area contributed by atoms with Gasteiger partial charge in [0, 0.05) is 84.1 Å². The maximum atomic E-state index is 13.4. The molecule has 0 saturated carbocycles. The number of unbranched alkanes of at least 4 members (excludes halogenated alkanes) is 9. The minimum atomic E-state index is -5.15. The average molecular weight is 1700 g/mol. The number of aliphatic hydroxyl groups is 10. The van der Waals surface area contributed by atoms with Crippen LogP contribution in [0.4, 0.5) is 0 Å². The lowest BCUT2D eigenvalue weighted by atomic mass is 9.92. The first-order chi connectivity index (χ1) is 52.8. The molecule has 3 rings (SSSR count). The van der Waals surface area contributed by atoms with Gasteiger partial charge in [0.25, 0.3) is 31.3 Å². The predicted molar refractivity (Wildman–Crippen MR) is 382 cm³/mol. The zero-order chi connectivity index (χ0) is 82.1. The number of hydrogen-bond acceptors (Lipinski definition) is 39. The second-order valence-electron chi connectivity index (χ2n) is 27.9. The summed E-state index contributed by atoms with van der Waals surface area (Å²) in [6.45, 7) is 3.59. The van der Waals surface area contributed by atoms with E-state index in [1.165, 1.54) is 6.92 Å². The van der Waals surface area contributed by atoms with E-state index in [0.717, 1.165) is 0 Å². The summed E-state index contributed by atoms with van der Waals surface area (Å²) in [7, 11) is -19.6. The highest BCUT2D eigenvalue weighted by molar-refractivity contribution is 7.46. The van der Waals surface area contributed by atoms with Gasteiger partial charge in [-0.3, -0.25) is 23.1 Å². The quantitative estimate of drug-likeness (QED) is 0.0279. The Morgan fingerprint density at radius 3 is 1.02 bits per heavy atom. The molecule has 21 atom stereocenters. The normalized spacial score (nSPS) is 27.6. The molecule has 40 nitrogen and oxygen atoms in total. The Balaban J connectivity index is 1.61. The second kappa shape index (κ2) is 58.9. The Kier molecular flexibility index (Phi) is 55.3. The van der Waals surface area contributed by atoms with Gasteiger partial charge in [0.05, 0.1) is 136 Å². The molecule has 3 aliphatic heterocycles. The van der Waals surface area contributed by atoms with Crippen molar-refractivity contribution >= 4 is 37.2 Å². The Morgan fingerprint density at radius 2 is 0.685 bits per heavy atom. The molecule has 11 N–H and O–H groups in total. The number of carbonyl (C=O) groups excluding carboxylic acids is 1. The Bertz CT molecular complexity index is 2480. The van der Waals surface area contributed by atoms with Crippen molar-refractivity contribution < 1.29 is 187 Å². The minimum absolute atomic E-state index is 0.0353. The largest absolute Gasteiger partial charge is 0.756 e. The van der Waals surface area contributed by atoms with Crippen molar-refractivity contribution in [1.29, 1.82) is 0 Å². The van der Waals surface area contributed by atoms with Gasteiger partial charge >= 0.3 is 0 Å². The highest BCUT2D eigenvalue weighted by Crippen LogP contribution is 2.43. The first-order valence-corrected chi connectivity index (χ1v) is 44.2. The van der Waals surface area contributed by atoms with Crippen LogP contribution in [0.25, 0.3) is 0 Å². The van der Waals surface area contributed by atoms with E-state index in [1.54, 1.807) is 13.8 Å². The number of phosphoric acid groups is 4. The molecule has 660 valence electrons. The maximum Gasteiger partial charge on any atom is 0.267 e. The van der Waals surface area contributed by atoms with Crippen LogP contribution in [0.1, 0.15) is 144 Å². The van der Waals surface area contributed by atoms with Crippen LogP contribution in [0.2, 0.25) is 0 Å². The van der Waals surface area contributed by atoms with Crippen LogP contribution in [-0.2, 0) is 116 Å². The lowest BCUT2D eigenvalue weighted by Crippen LogP contribution is -2.64. The molecule has 0 aromatic carbocycles. The standard InChI is InChI=1S/C67H133NO39P4/c1-49(2)93-31-18-23-88-43-53(39-69)44-89-24-19-35-103-111(86,87)104-48-67(45-90-25-20-36-100-108(80,81)97-32-15-9-6-12-28-94-64-50(3)58(74)60(76)54(40-70)105-64,46-91-26-21-37-101-109(82,83)98-33-16-10-7-13-29-95-65-51(4)59(75)61(77)55(41-71)106-65)47-92-27-22-38-102-110(84,85)99-34-17-11-8-14-30-96-66-57(68-52(5)73)63(79)62(78)56(42-72)107-66/h49-51,53-66,69-72,74-79H,6-48H2,1-5H3,(H,68,73)(H,80,81)(H,82,83)(H,84,85)(H,86,87)/p-4/t50?,51?,53?,54?,55?,56?,57?,58-,59-,60+,61?,62+,63-,64-,65-,66-,67?/m1/s1. The van der Waals surface area contributed by atoms with E-state index < -0.39 is 200 Å². The van der Waals surface area contributed by atoms with Crippen LogP contribution >= 0.6 is 31.3 Å². The fourth-order valence-corrected chi connectivity index (χ4v) is 14.4. The molecule has 0 radical (unpaired) electrons. The lowest BCUT2D eigenvalue weighted by molar-refractivity contribution is -0.282. The summed E-state index contributed by atoms with van der Waals surface area (Å²) in [5.74, 6) is -1.98. The van der Waals surface area contributed by atoms with Gasteiger partial charge in [-0.05, 0) is 84.5 Å². The molecule has 3 heterocycles. The number of carbonyl (C=O) groups is 1. The summed E-state index contributed by atoms with van der Waals surface area (Å²) in [5, 5.41) is 102.